The summed E-state index contributed by atoms with van der Waals surface area (Å²) in [6, 6.07) is 0.0686. The second-order valence-electron chi connectivity index (χ2n) is 4.48. The van der Waals surface area contributed by atoms with E-state index in [1.807, 2.05) is 6.92 Å². The van der Waals surface area contributed by atoms with Gasteiger partial charge in [0.25, 0.3) is 0 Å². The van der Waals surface area contributed by atoms with Crippen LogP contribution in [-0.2, 0) is 0 Å². The molecule has 0 aromatic carbocycles. The van der Waals surface area contributed by atoms with E-state index in [9.17, 15) is 13.2 Å². The van der Waals surface area contributed by atoms with Crippen molar-refractivity contribution < 1.29 is 13.2 Å². The van der Waals surface area contributed by atoms with E-state index in [2.05, 4.69) is 5.32 Å². The third kappa shape index (κ3) is 6.77. The summed E-state index contributed by atoms with van der Waals surface area (Å²) in [6.45, 7) is 2.86. The second kappa shape index (κ2) is 5.73. The van der Waals surface area contributed by atoms with Crippen molar-refractivity contribution in [1.29, 1.82) is 0 Å². The number of halogens is 3. The van der Waals surface area contributed by atoms with Crippen molar-refractivity contribution in [2.45, 2.75) is 57.7 Å². The van der Waals surface area contributed by atoms with Crippen LogP contribution in [0.4, 0.5) is 13.2 Å². The van der Waals surface area contributed by atoms with Crippen molar-refractivity contribution in [2.75, 3.05) is 6.54 Å². The van der Waals surface area contributed by atoms with Crippen molar-refractivity contribution in [3.05, 3.63) is 0 Å². The standard InChI is InChI=1S/C11H20F3N/c1-2-7-15-10(8-9-3-4-9)5-6-11(12,13)14/h9-10,15H,2-8H2,1H3. The summed E-state index contributed by atoms with van der Waals surface area (Å²) in [7, 11) is 0. The van der Waals surface area contributed by atoms with Crippen LogP contribution in [0.3, 0.4) is 0 Å². The lowest BCUT2D eigenvalue weighted by molar-refractivity contribution is -0.136. The molecule has 1 N–H and O–H groups in total. The second-order valence-corrected chi connectivity index (χ2v) is 4.48. The molecule has 1 aliphatic carbocycles. The molecule has 1 aliphatic rings. The molecule has 0 aromatic heterocycles. The molecule has 0 amide bonds. The summed E-state index contributed by atoms with van der Waals surface area (Å²) in [5.74, 6) is 0.688. The monoisotopic (exact) mass is 223 g/mol. The average molecular weight is 223 g/mol. The fraction of sp³-hybridized carbons (Fsp3) is 1.00. The maximum Gasteiger partial charge on any atom is 0.389 e. The average Bonchev–Trinajstić information content (AvgIpc) is 2.92. The molecule has 0 saturated heterocycles. The lowest BCUT2D eigenvalue weighted by Crippen LogP contribution is -2.31. The van der Waals surface area contributed by atoms with Crippen molar-refractivity contribution in [3.63, 3.8) is 0 Å². The molecule has 1 fully saturated rings. The van der Waals surface area contributed by atoms with E-state index in [-0.39, 0.29) is 12.5 Å². The van der Waals surface area contributed by atoms with Crippen LogP contribution >= 0.6 is 0 Å². The molecule has 1 nitrogen and oxygen atoms in total. The topological polar surface area (TPSA) is 12.0 Å². The van der Waals surface area contributed by atoms with Gasteiger partial charge in [-0.3, -0.25) is 0 Å². The van der Waals surface area contributed by atoms with Gasteiger partial charge in [0.05, 0.1) is 0 Å². The first-order valence-corrected chi connectivity index (χ1v) is 5.81. The summed E-state index contributed by atoms with van der Waals surface area (Å²) < 4.78 is 36.2. The highest BCUT2D eigenvalue weighted by Gasteiger charge is 2.30. The third-order valence-corrected chi connectivity index (χ3v) is 2.77. The van der Waals surface area contributed by atoms with Gasteiger partial charge >= 0.3 is 6.18 Å². The van der Waals surface area contributed by atoms with Crippen LogP contribution in [0.1, 0.15) is 45.4 Å². The number of rotatable bonds is 7. The van der Waals surface area contributed by atoms with Gasteiger partial charge in [-0.25, -0.2) is 0 Å². The SMILES string of the molecule is CCCNC(CCC(F)(F)F)CC1CC1. The summed E-state index contributed by atoms with van der Waals surface area (Å²) >= 11 is 0. The number of hydrogen-bond acceptors (Lipinski definition) is 1. The molecule has 1 unspecified atom stereocenters. The van der Waals surface area contributed by atoms with Crippen molar-refractivity contribution in [3.8, 4) is 0 Å². The zero-order valence-electron chi connectivity index (χ0n) is 9.24. The van der Waals surface area contributed by atoms with Crippen LogP contribution in [0.2, 0.25) is 0 Å². The number of alkyl halides is 3. The highest BCUT2D eigenvalue weighted by Crippen LogP contribution is 2.35. The van der Waals surface area contributed by atoms with Gasteiger partial charge in [0.1, 0.15) is 0 Å². The van der Waals surface area contributed by atoms with E-state index in [0.717, 1.165) is 19.4 Å². The Labute approximate surface area is 89.4 Å². The molecule has 1 rings (SSSR count). The van der Waals surface area contributed by atoms with Gasteiger partial charge in [0.2, 0.25) is 0 Å². The van der Waals surface area contributed by atoms with Gasteiger partial charge in [-0.2, -0.15) is 13.2 Å². The van der Waals surface area contributed by atoms with Gasteiger partial charge in [-0.05, 0) is 31.7 Å². The lowest BCUT2D eigenvalue weighted by atomic mass is 10.0. The Kier molecular flexibility index (Phi) is 4.90. The molecule has 1 saturated carbocycles. The third-order valence-electron chi connectivity index (χ3n) is 2.77. The van der Waals surface area contributed by atoms with E-state index in [4.69, 9.17) is 0 Å². The molecular weight excluding hydrogens is 203 g/mol. The van der Waals surface area contributed by atoms with Crippen LogP contribution < -0.4 is 5.32 Å². The smallest absolute Gasteiger partial charge is 0.314 e. The first kappa shape index (κ1) is 12.8. The minimum absolute atomic E-state index is 0.0686. The zero-order valence-corrected chi connectivity index (χ0v) is 9.24. The molecule has 15 heavy (non-hydrogen) atoms. The number of nitrogens with one attached hydrogen (secondary N) is 1. The summed E-state index contributed by atoms with van der Waals surface area (Å²) in [6.07, 6.45) is -0.104. The van der Waals surface area contributed by atoms with Crippen LogP contribution in [0.5, 0.6) is 0 Å². The van der Waals surface area contributed by atoms with Crippen LogP contribution in [0.15, 0.2) is 0 Å². The molecule has 1 atom stereocenters. The van der Waals surface area contributed by atoms with E-state index >= 15 is 0 Å². The fourth-order valence-electron chi connectivity index (χ4n) is 1.75. The number of hydrogen-bond donors (Lipinski definition) is 1. The maximum absolute atomic E-state index is 12.1. The van der Waals surface area contributed by atoms with Gasteiger partial charge < -0.3 is 5.32 Å². The Balaban J connectivity index is 2.20. The maximum atomic E-state index is 12.1. The van der Waals surface area contributed by atoms with E-state index in [1.54, 1.807) is 0 Å². The molecular formula is C11H20F3N. The van der Waals surface area contributed by atoms with Gasteiger partial charge in [0, 0.05) is 12.5 Å². The minimum Gasteiger partial charge on any atom is -0.314 e. The van der Waals surface area contributed by atoms with Gasteiger partial charge in [-0.15, -0.1) is 0 Å². The van der Waals surface area contributed by atoms with Gasteiger partial charge in [0.15, 0.2) is 0 Å². The lowest BCUT2D eigenvalue weighted by Gasteiger charge is -2.19. The molecule has 4 heteroatoms. The Morgan fingerprint density at radius 2 is 2.00 bits per heavy atom. The zero-order chi connectivity index (χ0) is 11.3. The van der Waals surface area contributed by atoms with Gasteiger partial charge in [-0.1, -0.05) is 19.8 Å². The Bertz CT molecular complexity index is 175. The Hall–Kier alpha value is -0.250. The predicted molar refractivity (Wildman–Crippen MR) is 54.7 cm³/mol. The normalized spacial score (nSPS) is 19.2. The molecule has 0 aliphatic heterocycles. The molecule has 0 bridgehead atoms. The minimum atomic E-state index is -4.00. The summed E-state index contributed by atoms with van der Waals surface area (Å²) in [4.78, 5) is 0. The van der Waals surface area contributed by atoms with Crippen LogP contribution in [0.25, 0.3) is 0 Å². The Morgan fingerprint density at radius 1 is 1.33 bits per heavy atom. The highest BCUT2D eigenvalue weighted by molar-refractivity contribution is 4.80. The first-order chi connectivity index (χ1) is 7.01. The Morgan fingerprint density at radius 3 is 2.47 bits per heavy atom. The van der Waals surface area contributed by atoms with E-state index < -0.39 is 12.6 Å². The summed E-state index contributed by atoms with van der Waals surface area (Å²) in [5, 5.41) is 3.21. The van der Waals surface area contributed by atoms with Crippen molar-refractivity contribution in [1.82, 2.24) is 5.32 Å². The van der Waals surface area contributed by atoms with Crippen LogP contribution in [0, 0.1) is 5.92 Å². The van der Waals surface area contributed by atoms with E-state index in [0.29, 0.717) is 5.92 Å². The fourth-order valence-corrected chi connectivity index (χ4v) is 1.75. The summed E-state index contributed by atoms with van der Waals surface area (Å²) in [5.41, 5.74) is 0. The van der Waals surface area contributed by atoms with Crippen LogP contribution in [-0.4, -0.2) is 18.8 Å². The molecule has 90 valence electrons. The highest BCUT2D eigenvalue weighted by atomic mass is 19.4. The van der Waals surface area contributed by atoms with E-state index in [1.165, 1.54) is 12.8 Å². The molecule has 0 radical (unpaired) electrons. The molecule has 0 heterocycles. The molecule has 0 spiro atoms. The van der Waals surface area contributed by atoms with Crippen molar-refractivity contribution in [2.24, 2.45) is 5.92 Å². The first-order valence-electron chi connectivity index (χ1n) is 5.81. The largest absolute Gasteiger partial charge is 0.389 e. The quantitative estimate of drug-likeness (QED) is 0.696. The predicted octanol–water partition coefficient (Wildman–Crippen LogP) is 3.50. The van der Waals surface area contributed by atoms with Crippen molar-refractivity contribution >= 4 is 0 Å². The molecule has 0 aromatic rings.